The van der Waals surface area contributed by atoms with E-state index in [1.807, 2.05) is 24.3 Å². The summed E-state index contributed by atoms with van der Waals surface area (Å²) < 4.78 is 5.81. The third-order valence-corrected chi connectivity index (χ3v) is 2.78. The van der Waals surface area contributed by atoms with Gasteiger partial charge < -0.3 is 4.42 Å². The van der Waals surface area contributed by atoms with Crippen LogP contribution in [-0.2, 0) is 0 Å². The molecule has 0 amide bonds. The summed E-state index contributed by atoms with van der Waals surface area (Å²) in [7, 11) is 0. The Morgan fingerprint density at radius 1 is 1.00 bits per heavy atom. The number of hydrogen-bond acceptors (Lipinski definition) is 1. The zero-order valence-corrected chi connectivity index (χ0v) is 9.10. The maximum atomic E-state index is 5.81. The van der Waals surface area contributed by atoms with Gasteiger partial charge in [-0.05, 0) is 19.1 Å². The van der Waals surface area contributed by atoms with Crippen molar-refractivity contribution in [2.24, 2.45) is 0 Å². The number of benzene rings is 1. The van der Waals surface area contributed by atoms with Gasteiger partial charge in [-0.1, -0.05) is 48.1 Å². The predicted octanol–water partition coefficient (Wildman–Crippen LogP) is 2.51. The van der Waals surface area contributed by atoms with Crippen LogP contribution in [0.1, 0.15) is 6.92 Å². The molecule has 1 aromatic heterocycles. The highest BCUT2D eigenvalue weighted by Gasteiger charge is 2.01. The van der Waals surface area contributed by atoms with E-state index < -0.39 is 0 Å². The minimum absolute atomic E-state index is 0.935. The molecule has 1 heterocycles. The fourth-order valence-electron chi connectivity index (χ4n) is 1.94. The molecule has 1 heteroatoms. The lowest BCUT2D eigenvalue weighted by atomic mass is 10.1. The van der Waals surface area contributed by atoms with Gasteiger partial charge in [0.25, 0.3) is 0 Å². The van der Waals surface area contributed by atoms with Crippen molar-refractivity contribution in [3.05, 3.63) is 58.7 Å². The molecule has 1 aromatic carbocycles. The lowest BCUT2D eigenvalue weighted by Crippen LogP contribution is -2.19. The molecule has 0 fully saturated rings. The number of fused-ring (bicyclic) bond motifs is 3. The summed E-state index contributed by atoms with van der Waals surface area (Å²) >= 11 is 0. The van der Waals surface area contributed by atoms with Crippen LogP contribution in [0.15, 0.2) is 52.5 Å². The highest BCUT2D eigenvalue weighted by Crippen LogP contribution is 2.07. The summed E-state index contributed by atoms with van der Waals surface area (Å²) in [5, 5.41) is 2.34. The van der Waals surface area contributed by atoms with E-state index in [1.54, 1.807) is 0 Å². The maximum absolute atomic E-state index is 5.81. The monoisotopic (exact) mass is 208 g/mol. The quantitative estimate of drug-likeness (QED) is 0.648. The van der Waals surface area contributed by atoms with Crippen LogP contribution in [0.25, 0.3) is 23.1 Å². The molecule has 0 N–H and O–H groups in total. The summed E-state index contributed by atoms with van der Waals surface area (Å²) in [5.74, 6) is 0. The molecular formula is C15H12O. The van der Waals surface area contributed by atoms with Crippen LogP contribution < -0.4 is 10.6 Å². The van der Waals surface area contributed by atoms with Crippen LogP contribution in [0.4, 0.5) is 0 Å². The molecular weight excluding hydrogens is 196 g/mol. The van der Waals surface area contributed by atoms with Crippen molar-refractivity contribution in [3.63, 3.8) is 0 Å². The van der Waals surface area contributed by atoms with Gasteiger partial charge in [0, 0.05) is 10.6 Å². The van der Waals surface area contributed by atoms with Gasteiger partial charge in [-0.25, -0.2) is 0 Å². The van der Waals surface area contributed by atoms with Gasteiger partial charge in [0.15, 0.2) is 0 Å². The summed E-state index contributed by atoms with van der Waals surface area (Å²) in [5.41, 5.74) is 3.11. The molecule has 1 aliphatic carbocycles. The highest BCUT2D eigenvalue weighted by atomic mass is 16.3. The Balaban J connectivity index is 2.49. The Morgan fingerprint density at radius 2 is 1.88 bits per heavy atom. The van der Waals surface area contributed by atoms with E-state index in [2.05, 4.69) is 37.3 Å². The predicted molar refractivity (Wildman–Crippen MR) is 67.3 cm³/mol. The molecule has 16 heavy (non-hydrogen) atoms. The first-order chi connectivity index (χ1) is 7.84. The molecule has 3 rings (SSSR count). The summed E-state index contributed by atoms with van der Waals surface area (Å²) in [4.78, 5) is 0. The molecule has 0 atom stereocenters. The SMILES string of the molecule is CC1=C\C=c2\oc3ccccc3\c2=C\C=C\1. The number of para-hydroxylation sites is 1. The Bertz CT molecular complexity index is 711. The molecule has 78 valence electrons. The lowest BCUT2D eigenvalue weighted by molar-refractivity contribution is 0.575. The molecule has 0 saturated heterocycles. The van der Waals surface area contributed by atoms with Crippen molar-refractivity contribution in [3.8, 4) is 0 Å². The van der Waals surface area contributed by atoms with Crippen LogP contribution in [0, 0.1) is 0 Å². The smallest absolute Gasteiger partial charge is 0.135 e. The van der Waals surface area contributed by atoms with Gasteiger partial charge in [0.05, 0.1) is 0 Å². The average Bonchev–Trinajstić information content (AvgIpc) is 2.62. The fraction of sp³-hybridized carbons (Fsp3) is 0.0667. The van der Waals surface area contributed by atoms with E-state index in [-0.39, 0.29) is 0 Å². The lowest BCUT2D eigenvalue weighted by Gasteiger charge is -1.89. The van der Waals surface area contributed by atoms with E-state index in [9.17, 15) is 0 Å². The second kappa shape index (κ2) is 3.53. The van der Waals surface area contributed by atoms with Crippen LogP contribution in [0.2, 0.25) is 0 Å². The average molecular weight is 208 g/mol. The van der Waals surface area contributed by atoms with Crippen LogP contribution in [-0.4, -0.2) is 0 Å². The van der Waals surface area contributed by atoms with Crippen molar-refractivity contribution in [2.45, 2.75) is 6.92 Å². The van der Waals surface area contributed by atoms with Crippen molar-refractivity contribution >= 4 is 23.1 Å². The van der Waals surface area contributed by atoms with Gasteiger partial charge in [-0.2, -0.15) is 0 Å². The Hall–Kier alpha value is -2.02. The van der Waals surface area contributed by atoms with Gasteiger partial charge in [-0.15, -0.1) is 0 Å². The molecule has 0 saturated carbocycles. The van der Waals surface area contributed by atoms with Crippen LogP contribution >= 0.6 is 0 Å². The zero-order valence-electron chi connectivity index (χ0n) is 9.10. The molecule has 0 spiro atoms. The number of hydrogen-bond donors (Lipinski definition) is 0. The second-order valence-corrected chi connectivity index (χ2v) is 3.98. The standard InChI is InChI=1S/C15H12O/c1-11-5-4-7-13-12-6-2-3-8-14(12)16-15(13)10-9-11/h2-10H,1H3/b5-4+,7-4?,10-9?,11-5?,11-9+,13-7-,15-10+. The summed E-state index contributed by atoms with van der Waals surface area (Å²) in [6.45, 7) is 2.08. The Labute approximate surface area is 93.7 Å². The van der Waals surface area contributed by atoms with Gasteiger partial charge in [-0.3, -0.25) is 0 Å². The molecule has 0 bridgehead atoms. The number of furan rings is 1. The van der Waals surface area contributed by atoms with Crippen LogP contribution in [0.3, 0.4) is 0 Å². The highest BCUT2D eigenvalue weighted by molar-refractivity contribution is 5.79. The molecule has 1 nitrogen and oxygen atoms in total. The topological polar surface area (TPSA) is 13.1 Å². The zero-order chi connectivity index (χ0) is 11.0. The largest absolute Gasteiger partial charge is 0.456 e. The van der Waals surface area contributed by atoms with Crippen molar-refractivity contribution in [1.29, 1.82) is 0 Å². The van der Waals surface area contributed by atoms with Gasteiger partial charge in [0.1, 0.15) is 11.0 Å². The van der Waals surface area contributed by atoms with Crippen molar-refractivity contribution in [2.75, 3.05) is 0 Å². The molecule has 0 radical (unpaired) electrons. The first-order valence-corrected chi connectivity index (χ1v) is 5.39. The third kappa shape index (κ3) is 1.41. The van der Waals surface area contributed by atoms with E-state index in [0.29, 0.717) is 0 Å². The van der Waals surface area contributed by atoms with Gasteiger partial charge in [0.2, 0.25) is 0 Å². The fourth-order valence-corrected chi connectivity index (χ4v) is 1.94. The second-order valence-electron chi connectivity index (χ2n) is 3.98. The van der Waals surface area contributed by atoms with Crippen molar-refractivity contribution < 1.29 is 4.42 Å². The summed E-state index contributed by atoms with van der Waals surface area (Å²) in [6, 6.07) is 8.13. The van der Waals surface area contributed by atoms with Gasteiger partial charge >= 0.3 is 0 Å². The third-order valence-electron chi connectivity index (χ3n) is 2.78. The van der Waals surface area contributed by atoms with E-state index in [4.69, 9.17) is 4.42 Å². The maximum Gasteiger partial charge on any atom is 0.135 e. The minimum atomic E-state index is 0.935. The number of rotatable bonds is 0. The summed E-state index contributed by atoms with van der Waals surface area (Å²) in [6.07, 6.45) is 10.4. The normalized spacial score (nSPS) is 23.9. The minimum Gasteiger partial charge on any atom is -0.456 e. The van der Waals surface area contributed by atoms with Crippen molar-refractivity contribution in [1.82, 2.24) is 0 Å². The molecule has 0 unspecified atom stereocenters. The first kappa shape index (κ1) is 9.22. The first-order valence-electron chi connectivity index (χ1n) is 5.39. The number of allylic oxidation sites excluding steroid dienone is 4. The Kier molecular flexibility index (Phi) is 2.03. The van der Waals surface area contributed by atoms with E-state index >= 15 is 0 Å². The molecule has 1 aliphatic rings. The van der Waals surface area contributed by atoms with Crippen LogP contribution in [0.5, 0.6) is 0 Å². The molecule has 2 aromatic rings. The van der Waals surface area contributed by atoms with E-state index in [0.717, 1.165) is 16.2 Å². The molecule has 0 aliphatic heterocycles. The van der Waals surface area contributed by atoms with E-state index in [1.165, 1.54) is 11.0 Å². The Morgan fingerprint density at radius 3 is 2.81 bits per heavy atom.